The van der Waals surface area contributed by atoms with Crippen molar-refractivity contribution in [1.29, 1.82) is 0 Å². The first-order valence-corrected chi connectivity index (χ1v) is 8.46. The van der Waals surface area contributed by atoms with E-state index in [4.69, 9.17) is 4.74 Å². The number of ether oxygens (including phenoxy) is 1. The molecule has 0 spiro atoms. The lowest BCUT2D eigenvalue weighted by atomic mass is 10.1. The van der Waals surface area contributed by atoms with Gasteiger partial charge in [-0.1, -0.05) is 18.2 Å². The number of para-hydroxylation sites is 1. The van der Waals surface area contributed by atoms with E-state index in [2.05, 4.69) is 21.9 Å². The van der Waals surface area contributed by atoms with Crippen LogP contribution < -0.4 is 25.6 Å². The van der Waals surface area contributed by atoms with Crippen LogP contribution >= 0.6 is 0 Å². The molecule has 2 heterocycles. The van der Waals surface area contributed by atoms with Gasteiger partial charge in [-0.25, -0.2) is 0 Å². The summed E-state index contributed by atoms with van der Waals surface area (Å²) in [5, 5.41) is 0. The zero-order chi connectivity index (χ0) is 16.5. The Labute approximate surface area is 140 Å². The summed E-state index contributed by atoms with van der Waals surface area (Å²) in [5.74, 6) is 0. The Bertz CT molecular complexity index is 769. The smallest absolute Gasteiger partial charge is 0.253 e. The number of hydrogen-bond donors (Lipinski definition) is 0. The topological polar surface area (TPSA) is 53.1 Å². The minimum atomic E-state index is -0.336. The third kappa shape index (κ3) is 2.57. The second-order valence-electron chi connectivity index (χ2n) is 6.26. The molecule has 6 nitrogen and oxygen atoms in total. The van der Waals surface area contributed by atoms with Crippen LogP contribution in [0.1, 0.15) is 0 Å². The fraction of sp³-hybridized carbons (Fsp3) is 0.444. The molecule has 0 aromatic heterocycles. The van der Waals surface area contributed by atoms with Gasteiger partial charge in [0.1, 0.15) is 11.4 Å². The van der Waals surface area contributed by atoms with Gasteiger partial charge < -0.3 is 19.4 Å². The predicted octanol–water partition coefficient (Wildman–Crippen LogP) is 0.446. The minimum absolute atomic E-state index is 0.329. The fourth-order valence-electron chi connectivity index (χ4n) is 3.57. The molecule has 0 N–H and O–H groups in total. The third-order valence-corrected chi connectivity index (χ3v) is 4.91. The molecule has 2 aromatic carbocycles. The number of morpholine rings is 1. The van der Waals surface area contributed by atoms with Crippen LogP contribution in [0.3, 0.4) is 0 Å². The van der Waals surface area contributed by atoms with Crippen molar-refractivity contribution in [3.63, 3.8) is 0 Å². The van der Waals surface area contributed by atoms with Gasteiger partial charge in [-0.2, -0.15) is 0 Å². The van der Waals surface area contributed by atoms with Gasteiger partial charge in [-0.15, -0.1) is 0 Å². The first-order valence-electron chi connectivity index (χ1n) is 8.46. The first kappa shape index (κ1) is 15.2. The van der Waals surface area contributed by atoms with Crippen molar-refractivity contribution in [1.82, 2.24) is 0 Å². The number of piperazine rings is 1. The normalized spacial score (nSPS) is 19.1. The molecule has 0 aliphatic carbocycles. The molecule has 126 valence electrons. The van der Waals surface area contributed by atoms with Crippen LogP contribution in [-0.4, -0.2) is 52.5 Å². The average Bonchev–Trinajstić information content (AvgIpc) is 2.67. The predicted molar refractivity (Wildman–Crippen MR) is 95.3 cm³/mol. The maximum Gasteiger partial charge on any atom is 0.253 e. The molecule has 2 aliphatic rings. The molecule has 0 unspecified atom stereocenters. The number of hydrogen-bond acceptors (Lipinski definition) is 6. The first-order chi connectivity index (χ1) is 11.8. The summed E-state index contributed by atoms with van der Waals surface area (Å²) < 4.78 is 5.34. The van der Waals surface area contributed by atoms with E-state index >= 15 is 0 Å². The summed E-state index contributed by atoms with van der Waals surface area (Å²) in [7, 11) is 0. The Balaban J connectivity index is 1.49. The quantitative estimate of drug-likeness (QED) is 0.763. The highest BCUT2D eigenvalue weighted by Gasteiger charge is 2.32. The number of anilines is 3. The molecule has 6 heteroatoms. The molecule has 2 aromatic rings. The van der Waals surface area contributed by atoms with Gasteiger partial charge in [0.15, 0.2) is 0 Å². The lowest BCUT2D eigenvalue weighted by molar-refractivity contribution is 0.122. The summed E-state index contributed by atoms with van der Waals surface area (Å²) in [6.07, 6.45) is 0. The van der Waals surface area contributed by atoms with Crippen LogP contribution in [0.4, 0.5) is 17.1 Å². The van der Waals surface area contributed by atoms with E-state index in [0.717, 1.165) is 26.2 Å². The molecular formula is C18H21N3O3. The number of benzene rings is 1. The van der Waals surface area contributed by atoms with Crippen LogP contribution in [0.2, 0.25) is 0 Å². The molecular weight excluding hydrogens is 306 g/mol. The van der Waals surface area contributed by atoms with E-state index in [1.165, 1.54) is 5.69 Å². The highest BCUT2D eigenvalue weighted by Crippen LogP contribution is 2.27. The monoisotopic (exact) mass is 327 g/mol. The second kappa shape index (κ2) is 6.28. The molecule has 2 fully saturated rings. The van der Waals surface area contributed by atoms with Crippen molar-refractivity contribution in [2.45, 2.75) is 0 Å². The summed E-state index contributed by atoms with van der Waals surface area (Å²) >= 11 is 0. The van der Waals surface area contributed by atoms with Crippen LogP contribution in [0.15, 0.2) is 39.9 Å². The van der Waals surface area contributed by atoms with Gasteiger partial charge in [0.2, 0.25) is 0 Å². The van der Waals surface area contributed by atoms with Crippen molar-refractivity contribution in [3.8, 4) is 0 Å². The van der Waals surface area contributed by atoms with Gasteiger partial charge in [-0.3, -0.25) is 9.59 Å². The molecule has 2 saturated heterocycles. The molecule has 0 bridgehead atoms. The van der Waals surface area contributed by atoms with E-state index in [9.17, 15) is 9.59 Å². The fourth-order valence-corrected chi connectivity index (χ4v) is 3.57. The molecule has 0 saturated carbocycles. The number of rotatable bonds is 3. The Hall–Kier alpha value is -2.34. The molecule has 2 aliphatic heterocycles. The third-order valence-electron chi connectivity index (χ3n) is 4.91. The SMILES string of the molecule is O=c1c(N2CCOCC2)c(N2CCN(c3ccccc3)CC2)c1=O. The van der Waals surface area contributed by atoms with Crippen molar-refractivity contribution >= 4 is 17.1 Å². The second-order valence-corrected chi connectivity index (χ2v) is 6.26. The molecule has 4 rings (SSSR count). The van der Waals surface area contributed by atoms with Crippen LogP contribution in [0.25, 0.3) is 0 Å². The van der Waals surface area contributed by atoms with Crippen LogP contribution in [-0.2, 0) is 4.74 Å². The van der Waals surface area contributed by atoms with Crippen LogP contribution in [0.5, 0.6) is 0 Å². The molecule has 0 atom stereocenters. The van der Waals surface area contributed by atoms with Crippen molar-refractivity contribution in [3.05, 3.63) is 50.8 Å². The Kier molecular flexibility index (Phi) is 3.98. The van der Waals surface area contributed by atoms with E-state index in [1.807, 2.05) is 23.1 Å². The minimum Gasteiger partial charge on any atom is -0.378 e. The standard InChI is InChI=1S/C18H21N3O3/c22-17-15(16(18(17)23)21-10-12-24-13-11-21)20-8-6-19(7-9-20)14-4-2-1-3-5-14/h1-5H,6-13H2. The highest BCUT2D eigenvalue weighted by molar-refractivity contribution is 5.77. The Morgan fingerprint density at radius 2 is 1.17 bits per heavy atom. The largest absolute Gasteiger partial charge is 0.378 e. The zero-order valence-electron chi connectivity index (χ0n) is 13.6. The maximum absolute atomic E-state index is 12.1. The highest BCUT2D eigenvalue weighted by atomic mass is 16.5. The summed E-state index contributed by atoms with van der Waals surface area (Å²) in [4.78, 5) is 30.6. The summed E-state index contributed by atoms with van der Waals surface area (Å²) in [6.45, 7) is 5.81. The van der Waals surface area contributed by atoms with E-state index in [0.29, 0.717) is 37.7 Å². The molecule has 24 heavy (non-hydrogen) atoms. The molecule has 0 amide bonds. The van der Waals surface area contributed by atoms with Gasteiger partial charge >= 0.3 is 0 Å². The van der Waals surface area contributed by atoms with E-state index in [-0.39, 0.29) is 10.9 Å². The van der Waals surface area contributed by atoms with Gasteiger partial charge in [-0.05, 0) is 12.1 Å². The summed E-state index contributed by atoms with van der Waals surface area (Å²) in [6, 6.07) is 10.3. The Morgan fingerprint density at radius 1 is 0.667 bits per heavy atom. The summed E-state index contributed by atoms with van der Waals surface area (Å²) in [5.41, 5.74) is 1.77. The average molecular weight is 327 g/mol. The van der Waals surface area contributed by atoms with E-state index < -0.39 is 0 Å². The lowest BCUT2D eigenvalue weighted by Gasteiger charge is -2.40. The van der Waals surface area contributed by atoms with Gasteiger partial charge in [0.05, 0.1) is 13.2 Å². The molecule has 0 radical (unpaired) electrons. The van der Waals surface area contributed by atoms with Gasteiger partial charge in [0, 0.05) is 45.0 Å². The van der Waals surface area contributed by atoms with Crippen molar-refractivity contribution in [2.24, 2.45) is 0 Å². The van der Waals surface area contributed by atoms with Gasteiger partial charge in [0.25, 0.3) is 10.9 Å². The van der Waals surface area contributed by atoms with E-state index in [1.54, 1.807) is 0 Å². The van der Waals surface area contributed by atoms with Crippen molar-refractivity contribution in [2.75, 3.05) is 67.2 Å². The lowest BCUT2D eigenvalue weighted by Crippen LogP contribution is -2.54. The Morgan fingerprint density at radius 3 is 1.75 bits per heavy atom. The maximum atomic E-state index is 12.1. The zero-order valence-corrected chi connectivity index (χ0v) is 13.6. The van der Waals surface area contributed by atoms with Crippen molar-refractivity contribution < 1.29 is 4.74 Å². The van der Waals surface area contributed by atoms with Crippen LogP contribution in [0, 0.1) is 0 Å². The number of nitrogens with zero attached hydrogens (tertiary/aromatic N) is 3.